The molecule has 0 aromatic heterocycles. The van der Waals surface area contributed by atoms with Gasteiger partial charge in [-0.3, -0.25) is 0 Å². The van der Waals surface area contributed by atoms with Crippen molar-refractivity contribution in [1.82, 2.24) is 0 Å². The van der Waals surface area contributed by atoms with Gasteiger partial charge < -0.3 is 154 Å². The monoisotopic (exact) mass is 990 g/mol. The molecule has 30 unspecified atom stereocenters. The van der Waals surface area contributed by atoms with E-state index in [1.165, 1.54) is 0 Å². The summed E-state index contributed by atoms with van der Waals surface area (Å²) in [5, 5.41) is 211. The molecule has 30 atom stereocenters. The van der Waals surface area contributed by atoms with E-state index in [1.54, 1.807) is 0 Å². The second kappa shape index (κ2) is 23.5. The number of aliphatic hydroxyl groups excluding tert-OH is 20. The summed E-state index contributed by atoms with van der Waals surface area (Å²) in [7, 11) is 0. The first-order valence-electron chi connectivity index (χ1n) is 21.1. The SMILES string of the molecule is OCC1OC(OC2C(O)C(CO)OC(OC3C(O)C(CO)OC(OC4C(O)C(CO)OC(OC5C(O)C(CO)OC(OC6C(O)OC(CO)C(O)C6O)C5O)C4O)C3O)C2O)C(O)C(O)C1O. The molecule has 0 amide bonds. The molecule has 0 aromatic carbocycles. The third-order valence-electron chi connectivity index (χ3n) is 12.4. The lowest BCUT2D eigenvalue weighted by atomic mass is 9.95. The molecule has 392 valence electrons. The first-order valence-corrected chi connectivity index (χ1v) is 21.1. The van der Waals surface area contributed by atoms with Gasteiger partial charge in [0.15, 0.2) is 37.7 Å². The Balaban J connectivity index is 1.18. The van der Waals surface area contributed by atoms with E-state index in [2.05, 4.69) is 0 Å². The van der Waals surface area contributed by atoms with Crippen LogP contribution in [0.1, 0.15) is 0 Å². The average molecular weight is 991 g/mol. The lowest BCUT2D eigenvalue weighted by Gasteiger charge is -2.50. The zero-order valence-corrected chi connectivity index (χ0v) is 35.0. The molecule has 20 N–H and O–H groups in total. The van der Waals surface area contributed by atoms with Gasteiger partial charge in [-0.25, -0.2) is 0 Å². The summed E-state index contributed by atoms with van der Waals surface area (Å²) in [5.41, 5.74) is 0. The van der Waals surface area contributed by atoms with Gasteiger partial charge in [0.05, 0.1) is 39.6 Å². The molecule has 6 saturated heterocycles. The molecule has 31 heteroatoms. The van der Waals surface area contributed by atoms with Crippen LogP contribution in [0.5, 0.6) is 0 Å². The summed E-state index contributed by atoms with van der Waals surface area (Å²) in [6, 6.07) is 0. The smallest absolute Gasteiger partial charge is 0.187 e. The van der Waals surface area contributed by atoms with Crippen LogP contribution < -0.4 is 0 Å². The second-order valence-corrected chi connectivity index (χ2v) is 16.8. The molecule has 67 heavy (non-hydrogen) atoms. The third kappa shape index (κ3) is 11.2. The van der Waals surface area contributed by atoms with E-state index in [0.717, 1.165) is 0 Å². The van der Waals surface area contributed by atoms with E-state index in [0.29, 0.717) is 0 Å². The van der Waals surface area contributed by atoms with Crippen molar-refractivity contribution in [3.8, 4) is 0 Å². The average Bonchev–Trinajstić information content (AvgIpc) is 3.31. The third-order valence-corrected chi connectivity index (χ3v) is 12.4. The summed E-state index contributed by atoms with van der Waals surface area (Å²) in [5.74, 6) is 0. The molecule has 0 saturated carbocycles. The number of hydrogen-bond donors (Lipinski definition) is 20. The Kier molecular flexibility index (Phi) is 19.4. The summed E-state index contributed by atoms with van der Waals surface area (Å²) < 4.78 is 60.5. The Labute approximate surface area is 378 Å². The maximum atomic E-state index is 11.5. The van der Waals surface area contributed by atoms with Gasteiger partial charge in [0.1, 0.15) is 146 Å². The molecule has 6 heterocycles. The van der Waals surface area contributed by atoms with Crippen molar-refractivity contribution in [2.75, 3.05) is 39.6 Å². The maximum absolute atomic E-state index is 11.5. The van der Waals surface area contributed by atoms with Crippen LogP contribution in [-0.4, -0.2) is 326 Å². The summed E-state index contributed by atoms with van der Waals surface area (Å²) >= 11 is 0. The summed E-state index contributed by atoms with van der Waals surface area (Å²) in [6.45, 7) is -5.75. The number of rotatable bonds is 16. The summed E-state index contributed by atoms with van der Waals surface area (Å²) in [4.78, 5) is 0. The first-order chi connectivity index (χ1) is 31.8. The predicted octanol–water partition coefficient (Wildman–Crippen LogP) is -14.1. The van der Waals surface area contributed by atoms with E-state index in [4.69, 9.17) is 52.1 Å². The van der Waals surface area contributed by atoms with Gasteiger partial charge in [-0.2, -0.15) is 0 Å². The fraction of sp³-hybridized carbons (Fsp3) is 1.00. The van der Waals surface area contributed by atoms with Crippen molar-refractivity contribution in [3.05, 3.63) is 0 Å². The zero-order chi connectivity index (χ0) is 49.3. The molecule has 0 spiro atoms. The van der Waals surface area contributed by atoms with Crippen molar-refractivity contribution in [2.45, 2.75) is 184 Å². The van der Waals surface area contributed by atoms with Crippen molar-refractivity contribution < 1.29 is 154 Å². The molecule has 6 aliphatic heterocycles. The fourth-order valence-electron chi connectivity index (χ4n) is 8.48. The Morgan fingerprint density at radius 2 is 0.448 bits per heavy atom. The van der Waals surface area contributed by atoms with Crippen LogP contribution >= 0.6 is 0 Å². The van der Waals surface area contributed by atoms with E-state index in [9.17, 15) is 102 Å². The Morgan fingerprint density at radius 3 is 0.731 bits per heavy atom. The second-order valence-electron chi connectivity index (χ2n) is 16.8. The van der Waals surface area contributed by atoms with Crippen molar-refractivity contribution in [2.24, 2.45) is 0 Å². The van der Waals surface area contributed by atoms with Gasteiger partial charge in [0, 0.05) is 0 Å². The van der Waals surface area contributed by atoms with E-state index < -0.39 is 224 Å². The Hall–Kier alpha value is -1.24. The number of ether oxygens (including phenoxy) is 11. The fourth-order valence-corrected chi connectivity index (χ4v) is 8.48. The topological polar surface area (TPSA) is 506 Å². The molecular weight excluding hydrogens is 928 g/mol. The van der Waals surface area contributed by atoms with E-state index in [1.807, 2.05) is 0 Å². The molecule has 0 bridgehead atoms. The Bertz CT molecular complexity index is 1510. The first kappa shape index (κ1) is 55.1. The van der Waals surface area contributed by atoms with Crippen molar-refractivity contribution >= 4 is 0 Å². The van der Waals surface area contributed by atoms with Crippen molar-refractivity contribution in [1.29, 1.82) is 0 Å². The van der Waals surface area contributed by atoms with Crippen LogP contribution in [0, 0.1) is 0 Å². The van der Waals surface area contributed by atoms with Gasteiger partial charge >= 0.3 is 0 Å². The van der Waals surface area contributed by atoms with Crippen LogP contribution in [0.3, 0.4) is 0 Å². The minimum atomic E-state index is -2.25. The standard InChI is InChI=1S/C36H62O31/c37-1-7-14(44)20(50)30(31(56)57-7)67-36-25(55)29(18(48)12(6-42)62-36)66-35-24(54)28(17(47)11(5-41)61-35)65-34-23(53)27(16(46)10(4-40)60-34)64-33-22(52)26(15(45)9(3-39)59-33)63-32-21(51)19(49)13(43)8(2-38)58-32/h7-56H,1-6H2. The van der Waals surface area contributed by atoms with E-state index >= 15 is 0 Å². The minimum absolute atomic E-state index is 0.825. The largest absolute Gasteiger partial charge is 0.394 e. The molecule has 6 rings (SSSR count). The van der Waals surface area contributed by atoms with Crippen LogP contribution in [0.2, 0.25) is 0 Å². The lowest BCUT2D eigenvalue weighted by molar-refractivity contribution is -0.399. The highest BCUT2D eigenvalue weighted by Gasteiger charge is 2.58. The van der Waals surface area contributed by atoms with Crippen LogP contribution in [-0.2, 0) is 52.1 Å². The highest BCUT2D eigenvalue weighted by molar-refractivity contribution is 5.00. The molecule has 0 aromatic rings. The van der Waals surface area contributed by atoms with Crippen molar-refractivity contribution in [3.63, 3.8) is 0 Å². The molecule has 6 aliphatic rings. The molecule has 6 fully saturated rings. The highest BCUT2D eigenvalue weighted by Crippen LogP contribution is 2.37. The molecular formula is C36H62O31. The molecule has 0 aliphatic carbocycles. The van der Waals surface area contributed by atoms with Gasteiger partial charge in [-0.1, -0.05) is 0 Å². The lowest BCUT2D eigenvalue weighted by Crippen LogP contribution is -2.68. The zero-order valence-electron chi connectivity index (χ0n) is 35.0. The summed E-state index contributed by atoms with van der Waals surface area (Å²) in [6.07, 6.45) is -58.5. The number of hydrogen-bond acceptors (Lipinski definition) is 31. The minimum Gasteiger partial charge on any atom is -0.394 e. The highest BCUT2D eigenvalue weighted by atomic mass is 16.8. The predicted molar refractivity (Wildman–Crippen MR) is 199 cm³/mol. The van der Waals surface area contributed by atoms with Crippen LogP contribution in [0.4, 0.5) is 0 Å². The quantitative estimate of drug-likeness (QED) is 0.0683. The van der Waals surface area contributed by atoms with Gasteiger partial charge in [0.2, 0.25) is 0 Å². The number of aliphatic hydroxyl groups is 20. The van der Waals surface area contributed by atoms with Gasteiger partial charge in [-0.05, 0) is 0 Å². The van der Waals surface area contributed by atoms with Gasteiger partial charge in [-0.15, -0.1) is 0 Å². The Morgan fingerprint density at radius 1 is 0.224 bits per heavy atom. The molecule has 31 nitrogen and oxygen atoms in total. The normalized spacial score (nSPS) is 53.4. The maximum Gasteiger partial charge on any atom is 0.187 e. The van der Waals surface area contributed by atoms with E-state index in [-0.39, 0.29) is 0 Å². The molecule has 0 radical (unpaired) electrons. The van der Waals surface area contributed by atoms with Gasteiger partial charge in [0.25, 0.3) is 0 Å². The van der Waals surface area contributed by atoms with Crippen LogP contribution in [0.25, 0.3) is 0 Å². The van der Waals surface area contributed by atoms with Crippen LogP contribution in [0.15, 0.2) is 0 Å².